The number of nitrogen functional groups attached to an aromatic ring is 1. The molecule has 0 aliphatic rings. The molecule has 0 amide bonds. The lowest BCUT2D eigenvalue weighted by Crippen LogP contribution is -2.41. The molecular formula is C19H21NSi. The first-order valence-electron chi connectivity index (χ1n) is 7.35. The second kappa shape index (κ2) is 5.04. The summed E-state index contributed by atoms with van der Waals surface area (Å²) < 4.78 is 0. The van der Waals surface area contributed by atoms with Gasteiger partial charge in [0, 0.05) is 11.1 Å². The zero-order valence-electron chi connectivity index (χ0n) is 12.9. The summed E-state index contributed by atoms with van der Waals surface area (Å²) in [5.74, 6) is 0. The minimum absolute atomic E-state index is 0.964. The molecule has 3 rings (SSSR count). The van der Waals surface area contributed by atoms with E-state index in [9.17, 15) is 0 Å². The molecule has 21 heavy (non-hydrogen) atoms. The van der Waals surface area contributed by atoms with Crippen molar-refractivity contribution in [2.75, 3.05) is 5.73 Å². The Morgan fingerprint density at radius 1 is 0.810 bits per heavy atom. The Hall–Kier alpha value is -2.06. The molecule has 0 fully saturated rings. The summed E-state index contributed by atoms with van der Waals surface area (Å²) in [4.78, 5) is 0. The minimum atomic E-state index is -1.55. The molecule has 3 aromatic carbocycles. The Labute approximate surface area is 127 Å². The Morgan fingerprint density at radius 2 is 1.43 bits per heavy atom. The SMILES string of the molecule is C[Si](C)(C)c1c(-c2ccccc2)cc2ccccc2c1N. The number of nitrogens with two attached hydrogens (primary N) is 1. The normalized spacial score (nSPS) is 11.8. The van der Waals surface area contributed by atoms with Gasteiger partial charge in [0.1, 0.15) is 0 Å². The van der Waals surface area contributed by atoms with Crippen molar-refractivity contribution in [3.05, 3.63) is 60.7 Å². The molecule has 0 saturated heterocycles. The monoisotopic (exact) mass is 291 g/mol. The molecule has 0 aliphatic heterocycles. The van der Waals surface area contributed by atoms with Crippen LogP contribution in [0.2, 0.25) is 19.6 Å². The average molecular weight is 291 g/mol. The predicted molar refractivity (Wildman–Crippen MR) is 96.8 cm³/mol. The van der Waals surface area contributed by atoms with Gasteiger partial charge in [0.2, 0.25) is 0 Å². The zero-order valence-corrected chi connectivity index (χ0v) is 13.9. The van der Waals surface area contributed by atoms with Gasteiger partial charge in [0.25, 0.3) is 0 Å². The van der Waals surface area contributed by atoms with Gasteiger partial charge in [-0.3, -0.25) is 0 Å². The molecular weight excluding hydrogens is 270 g/mol. The first kappa shape index (κ1) is 13.9. The van der Waals surface area contributed by atoms with E-state index in [1.165, 1.54) is 27.1 Å². The lowest BCUT2D eigenvalue weighted by atomic mass is 9.99. The van der Waals surface area contributed by atoms with Crippen LogP contribution in [-0.2, 0) is 0 Å². The summed E-state index contributed by atoms with van der Waals surface area (Å²) in [6.07, 6.45) is 0. The molecule has 0 saturated carbocycles. The van der Waals surface area contributed by atoms with Gasteiger partial charge >= 0.3 is 0 Å². The zero-order chi connectivity index (χ0) is 15.0. The van der Waals surface area contributed by atoms with Crippen molar-refractivity contribution in [3.63, 3.8) is 0 Å². The number of hydrogen-bond donors (Lipinski definition) is 1. The first-order chi connectivity index (χ1) is 9.98. The second-order valence-electron chi connectivity index (χ2n) is 6.55. The Bertz CT molecular complexity index is 786. The molecule has 0 atom stereocenters. The number of rotatable bonds is 2. The highest BCUT2D eigenvalue weighted by atomic mass is 28.3. The van der Waals surface area contributed by atoms with Crippen LogP contribution in [0, 0.1) is 0 Å². The van der Waals surface area contributed by atoms with Crippen LogP contribution in [0.15, 0.2) is 60.7 Å². The highest BCUT2D eigenvalue weighted by molar-refractivity contribution is 6.91. The molecule has 0 radical (unpaired) electrons. The number of hydrogen-bond acceptors (Lipinski definition) is 1. The van der Waals surface area contributed by atoms with Crippen molar-refractivity contribution in [2.45, 2.75) is 19.6 Å². The van der Waals surface area contributed by atoms with Crippen molar-refractivity contribution in [1.29, 1.82) is 0 Å². The van der Waals surface area contributed by atoms with Crippen molar-refractivity contribution in [3.8, 4) is 11.1 Å². The third kappa shape index (κ3) is 2.47. The molecule has 0 heterocycles. The lowest BCUT2D eigenvalue weighted by Gasteiger charge is -2.25. The van der Waals surface area contributed by atoms with Crippen LogP contribution in [0.3, 0.4) is 0 Å². The Morgan fingerprint density at radius 3 is 2.10 bits per heavy atom. The lowest BCUT2D eigenvalue weighted by molar-refractivity contribution is 1.63. The molecule has 106 valence electrons. The minimum Gasteiger partial charge on any atom is -0.398 e. The van der Waals surface area contributed by atoms with E-state index in [2.05, 4.69) is 80.3 Å². The van der Waals surface area contributed by atoms with Crippen LogP contribution in [0.4, 0.5) is 5.69 Å². The molecule has 0 bridgehead atoms. The van der Waals surface area contributed by atoms with Crippen molar-refractivity contribution in [2.24, 2.45) is 0 Å². The van der Waals surface area contributed by atoms with E-state index in [1.54, 1.807) is 0 Å². The summed E-state index contributed by atoms with van der Waals surface area (Å²) >= 11 is 0. The third-order valence-corrected chi connectivity index (χ3v) is 5.96. The quantitative estimate of drug-likeness (QED) is 0.540. The average Bonchev–Trinajstić information content (AvgIpc) is 2.46. The highest BCUT2D eigenvalue weighted by Gasteiger charge is 2.25. The van der Waals surface area contributed by atoms with Crippen LogP contribution in [0.1, 0.15) is 0 Å². The maximum atomic E-state index is 6.58. The van der Waals surface area contributed by atoms with Crippen LogP contribution >= 0.6 is 0 Å². The molecule has 1 nitrogen and oxygen atoms in total. The van der Waals surface area contributed by atoms with E-state index >= 15 is 0 Å². The van der Waals surface area contributed by atoms with E-state index in [1.807, 2.05) is 0 Å². The van der Waals surface area contributed by atoms with Gasteiger partial charge < -0.3 is 5.73 Å². The highest BCUT2D eigenvalue weighted by Crippen LogP contribution is 2.30. The number of fused-ring (bicyclic) bond motifs is 1. The van der Waals surface area contributed by atoms with Crippen molar-refractivity contribution >= 4 is 29.7 Å². The van der Waals surface area contributed by atoms with Crippen molar-refractivity contribution in [1.82, 2.24) is 0 Å². The molecule has 0 aromatic heterocycles. The Balaban J connectivity index is 2.42. The maximum absolute atomic E-state index is 6.58. The summed E-state index contributed by atoms with van der Waals surface area (Å²) in [5.41, 5.74) is 10.1. The fourth-order valence-corrected chi connectivity index (χ4v) is 5.00. The first-order valence-corrected chi connectivity index (χ1v) is 10.9. The largest absolute Gasteiger partial charge is 0.398 e. The van der Waals surface area contributed by atoms with Gasteiger partial charge in [-0.15, -0.1) is 0 Å². The molecule has 0 aliphatic carbocycles. The van der Waals surface area contributed by atoms with Gasteiger partial charge in [0.05, 0.1) is 8.07 Å². The fourth-order valence-electron chi connectivity index (χ4n) is 3.03. The van der Waals surface area contributed by atoms with E-state index < -0.39 is 8.07 Å². The van der Waals surface area contributed by atoms with E-state index in [-0.39, 0.29) is 0 Å². The second-order valence-corrected chi connectivity index (χ2v) is 11.5. The van der Waals surface area contributed by atoms with Crippen LogP contribution in [-0.4, -0.2) is 8.07 Å². The van der Waals surface area contributed by atoms with Crippen LogP contribution in [0.5, 0.6) is 0 Å². The summed E-state index contributed by atoms with van der Waals surface area (Å²) in [6.45, 7) is 7.08. The number of anilines is 1. The van der Waals surface area contributed by atoms with Crippen LogP contribution in [0.25, 0.3) is 21.9 Å². The fraction of sp³-hybridized carbons (Fsp3) is 0.158. The third-order valence-electron chi connectivity index (χ3n) is 3.92. The molecule has 0 unspecified atom stereocenters. The topological polar surface area (TPSA) is 26.0 Å². The summed E-state index contributed by atoms with van der Waals surface area (Å²) in [7, 11) is -1.55. The maximum Gasteiger partial charge on any atom is 0.0811 e. The molecule has 0 spiro atoms. The summed E-state index contributed by atoms with van der Waals surface area (Å²) in [5, 5.41) is 3.76. The van der Waals surface area contributed by atoms with E-state index in [0.29, 0.717) is 0 Å². The van der Waals surface area contributed by atoms with E-state index in [4.69, 9.17) is 5.73 Å². The smallest absolute Gasteiger partial charge is 0.0811 e. The molecule has 2 heteroatoms. The Kier molecular flexibility index (Phi) is 3.34. The van der Waals surface area contributed by atoms with E-state index in [0.717, 1.165) is 5.69 Å². The van der Waals surface area contributed by atoms with Gasteiger partial charge in [-0.05, 0) is 27.8 Å². The predicted octanol–water partition coefficient (Wildman–Crippen LogP) is 4.63. The van der Waals surface area contributed by atoms with Gasteiger partial charge in [0.15, 0.2) is 0 Å². The molecule has 3 aromatic rings. The standard InChI is InChI=1S/C19H21NSi/c1-21(2,3)19-17(14-9-5-4-6-10-14)13-15-11-7-8-12-16(15)18(19)20/h4-13H,20H2,1-3H3. The van der Waals surface area contributed by atoms with Gasteiger partial charge in [-0.25, -0.2) is 0 Å². The molecule has 2 N–H and O–H groups in total. The van der Waals surface area contributed by atoms with Crippen molar-refractivity contribution < 1.29 is 0 Å². The number of benzene rings is 3. The summed E-state index contributed by atoms with van der Waals surface area (Å²) in [6, 6.07) is 21.3. The van der Waals surface area contributed by atoms with Crippen LogP contribution < -0.4 is 10.9 Å². The van der Waals surface area contributed by atoms with Gasteiger partial charge in [-0.2, -0.15) is 0 Å². The van der Waals surface area contributed by atoms with Gasteiger partial charge in [-0.1, -0.05) is 74.2 Å².